The van der Waals surface area contributed by atoms with Crippen LogP contribution >= 0.6 is 15.9 Å². The van der Waals surface area contributed by atoms with Gasteiger partial charge in [0.15, 0.2) is 0 Å². The Labute approximate surface area is 84.0 Å². The Balaban J connectivity index is 2.48. The Morgan fingerprint density at radius 1 is 1.33 bits per heavy atom. The van der Waals surface area contributed by atoms with Crippen LogP contribution in [0.2, 0.25) is 0 Å². The topological polar surface area (TPSA) is 9.23 Å². The van der Waals surface area contributed by atoms with Crippen molar-refractivity contribution < 1.29 is 4.74 Å². The van der Waals surface area contributed by atoms with Gasteiger partial charge in [-0.15, -0.1) is 0 Å². The van der Waals surface area contributed by atoms with E-state index in [2.05, 4.69) is 29.8 Å². The molecule has 0 aromatic heterocycles. The predicted molar refractivity (Wildman–Crippen MR) is 55.7 cm³/mol. The largest absolute Gasteiger partial charge is 0.381 e. The fourth-order valence-electron chi connectivity index (χ4n) is 2.06. The Bertz CT molecular complexity index is 128. The van der Waals surface area contributed by atoms with Crippen molar-refractivity contribution in [3.05, 3.63) is 0 Å². The number of halogens is 1. The average molecular weight is 235 g/mol. The summed E-state index contributed by atoms with van der Waals surface area (Å²) in [5.41, 5.74) is 0.534. The summed E-state index contributed by atoms with van der Waals surface area (Å²) in [4.78, 5) is 0. The summed E-state index contributed by atoms with van der Waals surface area (Å²) in [6.45, 7) is 6.52. The van der Waals surface area contributed by atoms with Crippen molar-refractivity contribution in [2.75, 3.05) is 18.5 Å². The van der Waals surface area contributed by atoms with E-state index in [1.165, 1.54) is 19.3 Å². The summed E-state index contributed by atoms with van der Waals surface area (Å²) >= 11 is 3.64. The van der Waals surface area contributed by atoms with Crippen LogP contribution in [0.4, 0.5) is 0 Å². The summed E-state index contributed by atoms with van der Waals surface area (Å²) in [6.07, 6.45) is 3.80. The second-order valence-electron chi connectivity index (χ2n) is 4.34. The van der Waals surface area contributed by atoms with Gasteiger partial charge in [0.2, 0.25) is 0 Å². The predicted octanol–water partition coefficient (Wildman–Crippen LogP) is 3.22. The first kappa shape index (κ1) is 10.5. The quantitative estimate of drug-likeness (QED) is 0.682. The molecule has 2 heteroatoms. The summed E-state index contributed by atoms with van der Waals surface area (Å²) in [6, 6.07) is 0. The molecule has 1 aliphatic rings. The molecule has 72 valence electrons. The second kappa shape index (κ2) is 4.61. The van der Waals surface area contributed by atoms with Crippen molar-refractivity contribution >= 4 is 15.9 Å². The number of hydrogen-bond donors (Lipinski definition) is 0. The Morgan fingerprint density at radius 2 is 1.92 bits per heavy atom. The number of rotatable bonds is 3. The molecule has 0 unspecified atom stereocenters. The van der Waals surface area contributed by atoms with Gasteiger partial charge in [-0.05, 0) is 30.6 Å². The zero-order valence-corrected chi connectivity index (χ0v) is 9.69. The van der Waals surface area contributed by atoms with E-state index in [-0.39, 0.29) is 0 Å². The van der Waals surface area contributed by atoms with Crippen LogP contribution in [0.15, 0.2) is 0 Å². The van der Waals surface area contributed by atoms with Crippen molar-refractivity contribution in [3.63, 3.8) is 0 Å². The molecule has 0 aliphatic carbocycles. The maximum Gasteiger partial charge on any atom is 0.0471 e. The summed E-state index contributed by atoms with van der Waals surface area (Å²) < 4.78 is 5.39. The van der Waals surface area contributed by atoms with E-state index in [1.807, 2.05) is 0 Å². The standard InChI is InChI=1S/C10H19BrO/c1-9(2)7-10(8-11)3-5-12-6-4-10/h9H,3-8H2,1-2H3. The van der Waals surface area contributed by atoms with Crippen molar-refractivity contribution in [1.29, 1.82) is 0 Å². The first-order valence-electron chi connectivity index (χ1n) is 4.82. The van der Waals surface area contributed by atoms with Crippen molar-refractivity contribution in [3.8, 4) is 0 Å². The first-order chi connectivity index (χ1) is 5.68. The van der Waals surface area contributed by atoms with Crippen LogP contribution in [-0.4, -0.2) is 18.5 Å². The van der Waals surface area contributed by atoms with Crippen LogP contribution in [-0.2, 0) is 4.74 Å². The van der Waals surface area contributed by atoms with Crippen molar-refractivity contribution in [1.82, 2.24) is 0 Å². The van der Waals surface area contributed by atoms with Gasteiger partial charge in [-0.1, -0.05) is 29.8 Å². The summed E-state index contributed by atoms with van der Waals surface area (Å²) in [5, 5.41) is 1.14. The molecule has 1 nitrogen and oxygen atoms in total. The molecule has 1 aliphatic heterocycles. The van der Waals surface area contributed by atoms with E-state index in [1.54, 1.807) is 0 Å². The normalized spacial score (nSPS) is 23.0. The van der Waals surface area contributed by atoms with Gasteiger partial charge in [0.1, 0.15) is 0 Å². The monoisotopic (exact) mass is 234 g/mol. The fourth-order valence-corrected chi connectivity index (χ4v) is 2.85. The lowest BCUT2D eigenvalue weighted by atomic mass is 9.76. The summed E-state index contributed by atoms with van der Waals surface area (Å²) in [7, 11) is 0. The van der Waals surface area contributed by atoms with Gasteiger partial charge >= 0.3 is 0 Å². The molecule has 0 spiro atoms. The number of ether oxygens (including phenoxy) is 1. The maximum atomic E-state index is 5.39. The van der Waals surface area contributed by atoms with E-state index >= 15 is 0 Å². The van der Waals surface area contributed by atoms with E-state index in [0.29, 0.717) is 5.41 Å². The third-order valence-corrected chi connectivity index (χ3v) is 3.87. The van der Waals surface area contributed by atoms with Crippen LogP contribution in [0, 0.1) is 11.3 Å². The molecule has 0 saturated carbocycles. The minimum absolute atomic E-state index is 0.534. The molecule has 0 bridgehead atoms. The molecule has 0 atom stereocenters. The molecule has 1 rings (SSSR count). The second-order valence-corrected chi connectivity index (χ2v) is 4.90. The fraction of sp³-hybridized carbons (Fsp3) is 1.00. The van der Waals surface area contributed by atoms with Crippen LogP contribution in [0.5, 0.6) is 0 Å². The van der Waals surface area contributed by atoms with Crippen molar-refractivity contribution in [2.45, 2.75) is 33.1 Å². The third kappa shape index (κ3) is 2.74. The smallest absolute Gasteiger partial charge is 0.0471 e. The van der Waals surface area contributed by atoms with E-state index in [0.717, 1.165) is 24.5 Å². The molecule has 0 aromatic rings. The van der Waals surface area contributed by atoms with E-state index < -0.39 is 0 Å². The Kier molecular flexibility index (Phi) is 4.04. The van der Waals surface area contributed by atoms with Crippen LogP contribution in [0.25, 0.3) is 0 Å². The maximum absolute atomic E-state index is 5.39. The van der Waals surface area contributed by atoms with Crippen molar-refractivity contribution in [2.24, 2.45) is 11.3 Å². The van der Waals surface area contributed by atoms with Gasteiger partial charge in [-0.25, -0.2) is 0 Å². The summed E-state index contributed by atoms with van der Waals surface area (Å²) in [5.74, 6) is 0.806. The minimum atomic E-state index is 0.534. The van der Waals surface area contributed by atoms with Gasteiger partial charge < -0.3 is 4.74 Å². The van der Waals surface area contributed by atoms with Gasteiger partial charge in [0.25, 0.3) is 0 Å². The van der Waals surface area contributed by atoms with E-state index in [9.17, 15) is 0 Å². The van der Waals surface area contributed by atoms with Crippen LogP contribution in [0.1, 0.15) is 33.1 Å². The lowest BCUT2D eigenvalue weighted by Crippen LogP contribution is -2.32. The third-order valence-electron chi connectivity index (χ3n) is 2.68. The molecule has 0 radical (unpaired) electrons. The SMILES string of the molecule is CC(C)CC1(CBr)CCOCC1. The molecule has 0 aromatic carbocycles. The number of hydrogen-bond acceptors (Lipinski definition) is 1. The molecule has 12 heavy (non-hydrogen) atoms. The molecule has 0 amide bonds. The van der Waals surface area contributed by atoms with Gasteiger partial charge in [0.05, 0.1) is 0 Å². The van der Waals surface area contributed by atoms with Crippen LogP contribution in [0.3, 0.4) is 0 Å². The highest BCUT2D eigenvalue weighted by Gasteiger charge is 2.31. The first-order valence-corrected chi connectivity index (χ1v) is 5.94. The lowest BCUT2D eigenvalue weighted by Gasteiger charge is -2.37. The lowest BCUT2D eigenvalue weighted by molar-refractivity contribution is 0.0171. The molecular weight excluding hydrogens is 216 g/mol. The van der Waals surface area contributed by atoms with Crippen LogP contribution < -0.4 is 0 Å². The van der Waals surface area contributed by atoms with Gasteiger partial charge in [0, 0.05) is 18.5 Å². The Morgan fingerprint density at radius 3 is 2.33 bits per heavy atom. The molecule has 0 N–H and O–H groups in total. The van der Waals surface area contributed by atoms with Gasteiger partial charge in [-0.2, -0.15) is 0 Å². The molecule has 1 heterocycles. The molecular formula is C10H19BrO. The van der Waals surface area contributed by atoms with Gasteiger partial charge in [-0.3, -0.25) is 0 Å². The molecule has 1 saturated heterocycles. The minimum Gasteiger partial charge on any atom is -0.381 e. The highest BCUT2D eigenvalue weighted by molar-refractivity contribution is 9.09. The Hall–Kier alpha value is 0.440. The van der Waals surface area contributed by atoms with E-state index in [4.69, 9.17) is 4.74 Å². The zero-order chi connectivity index (χ0) is 9.03. The average Bonchev–Trinajstić information content (AvgIpc) is 2.05. The zero-order valence-electron chi connectivity index (χ0n) is 8.11. The number of alkyl halides is 1. The highest BCUT2D eigenvalue weighted by atomic mass is 79.9. The molecule has 1 fully saturated rings. The highest BCUT2D eigenvalue weighted by Crippen LogP contribution is 2.38.